The van der Waals surface area contributed by atoms with E-state index in [9.17, 15) is 14.4 Å². The highest BCUT2D eigenvalue weighted by Crippen LogP contribution is 2.36. The minimum atomic E-state index is -1.06. The first-order chi connectivity index (χ1) is 11.9. The number of benzene rings is 1. The molecule has 2 rings (SSSR count). The minimum Gasteiger partial charge on any atom is -0.480 e. The van der Waals surface area contributed by atoms with Gasteiger partial charge in [-0.1, -0.05) is 38.1 Å². The Kier molecular flexibility index (Phi) is 6.87. The van der Waals surface area contributed by atoms with E-state index in [1.54, 1.807) is 11.8 Å². The summed E-state index contributed by atoms with van der Waals surface area (Å²) in [7, 11) is 0. The lowest BCUT2D eigenvalue weighted by Crippen LogP contribution is -2.46. The summed E-state index contributed by atoms with van der Waals surface area (Å²) in [6, 6.07) is 6.88. The van der Waals surface area contributed by atoms with E-state index < -0.39 is 17.9 Å². The van der Waals surface area contributed by atoms with Crippen molar-refractivity contribution in [2.24, 2.45) is 5.92 Å². The van der Waals surface area contributed by atoms with Crippen LogP contribution < -0.4 is 10.6 Å². The van der Waals surface area contributed by atoms with Gasteiger partial charge in [0.15, 0.2) is 0 Å². The van der Waals surface area contributed by atoms with E-state index in [4.69, 9.17) is 5.11 Å². The van der Waals surface area contributed by atoms with Gasteiger partial charge in [-0.2, -0.15) is 0 Å². The van der Waals surface area contributed by atoms with Crippen molar-refractivity contribution in [1.82, 2.24) is 10.6 Å². The van der Waals surface area contributed by atoms with Crippen molar-refractivity contribution in [2.45, 2.75) is 38.0 Å². The molecule has 1 aliphatic heterocycles. The van der Waals surface area contributed by atoms with E-state index in [0.717, 1.165) is 23.3 Å². The van der Waals surface area contributed by atoms with Gasteiger partial charge in [-0.05, 0) is 35.6 Å². The number of thioether (sulfide) groups is 1. The third kappa shape index (κ3) is 5.49. The van der Waals surface area contributed by atoms with E-state index in [2.05, 4.69) is 10.6 Å². The van der Waals surface area contributed by atoms with Crippen LogP contribution in [0.1, 0.15) is 36.6 Å². The molecule has 1 unspecified atom stereocenters. The average molecular weight is 364 g/mol. The van der Waals surface area contributed by atoms with Crippen LogP contribution in [0.5, 0.6) is 0 Å². The molecule has 6 nitrogen and oxygen atoms in total. The molecule has 0 saturated carbocycles. The quantitative estimate of drug-likeness (QED) is 0.685. The Morgan fingerprint density at radius 2 is 2.00 bits per heavy atom. The van der Waals surface area contributed by atoms with Crippen LogP contribution in [0.2, 0.25) is 0 Å². The lowest BCUT2D eigenvalue weighted by atomic mass is 10.0. The molecule has 0 bridgehead atoms. The molecule has 0 aliphatic carbocycles. The molecular formula is C18H24N2O4S. The van der Waals surface area contributed by atoms with Crippen LogP contribution >= 0.6 is 11.8 Å². The molecule has 0 radical (unpaired) electrons. The van der Waals surface area contributed by atoms with Gasteiger partial charge in [-0.25, -0.2) is 4.79 Å². The second-order valence-corrected chi connectivity index (χ2v) is 7.72. The molecular weight excluding hydrogens is 340 g/mol. The lowest BCUT2D eigenvalue weighted by Gasteiger charge is -2.24. The first-order valence-electron chi connectivity index (χ1n) is 8.37. The Labute approximate surface area is 151 Å². The zero-order chi connectivity index (χ0) is 18.4. The average Bonchev–Trinajstić information content (AvgIpc) is 2.58. The van der Waals surface area contributed by atoms with Gasteiger partial charge < -0.3 is 15.7 Å². The van der Waals surface area contributed by atoms with Crippen molar-refractivity contribution in [2.75, 3.05) is 12.3 Å². The topological polar surface area (TPSA) is 95.5 Å². The maximum atomic E-state index is 12.4. The number of aliphatic carboxylic acids is 1. The van der Waals surface area contributed by atoms with Gasteiger partial charge in [0.2, 0.25) is 11.8 Å². The van der Waals surface area contributed by atoms with Crippen LogP contribution in [-0.4, -0.2) is 41.2 Å². The molecule has 1 aromatic rings. The molecule has 136 valence electrons. The second kappa shape index (κ2) is 8.89. The van der Waals surface area contributed by atoms with Crippen molar-refractivity contribution in [3.8, 4) is 0 Å². The van der Waals surface area contributed by atoms with E-state index in [-0.39, 0.29) is 23.6 Å². The molecule has 1 heterocycles. The summed E-state index contributed by atoms with van der Waals surface area (Å²) < 4.78 is 0. The van der Waals surface area contributed by atoms with Gasteiger partial charge in [-0.15, -0.1) is 11.8 Å². The van der Waals surface area contributed by atoms with Gasteiger partial charge in [-0.3, -0.25) is 9.59 Å². The summed E-state index contributed by atoms with van der Waals surface area (Å²) in [5, 5.41) is 13.9. The van der Waals surface area contributed by atoms with Crippen LogP contribution in [0.15, 0.2) is 24.3 Å². The summed E-state index contributed by atoms with van der Waals surface area (Å²) in [5.41, 5.74) is 2.15. The smallest absolute Gasteiger partial charge is 0.326 e. The van der Waals surface area contributed by atoms with Crippen molar-refractivity contribution in [3.63, 3.8) is 0 Å². The number of carbonyl (C=O) groups is 3. The Morgan fingerprint density at radius 1 is 1.28 bits per heavy atom. The summed E-state index contributed by atoms with van der Waals surface area (Å²) in [5.74, 6) is -0.772. The molecule has 2 atom stereocenters. The molecule has 0 spiro atoms. The van der Waals surface area contributed by atoms with E-state index in [0.29, 0.717) is 6.42 Å². The molecule has 0 saturated heterocycles. The van der Waals surface area contributed by atoms with Gasteiger partial charge in [0.05, 0.1) is 6.54 Å². The summed E-state index contributed by atoms with van der Waals surface area (Å²) in [6.45, 7) is 3.56. The highest BCUT2D eigenvalue weighted by Gasteiger charge is 2.27. The zero-order valence-corrected chi connectivity index (χ0v) is 15.3. The van der Waals surface area contributed by atoms with E-state index >= 15 is 0 Å². The number of carbonyl (C=O) groups excluding carboxylic acids is 2. The Morgan fingerprint density at radius 3 is 2.68 bits per heavy atom. The highest BCUT2D eigenvalue weighted by atomic mass is 32.2. The molecule has 0 aromatic heterocycles. The zero-order valence-electron chi connectivity index (χ0n) is 14.5. The summed E-state index contributed by atoms with van der Waals surface area (Å²) in [4.78, 5) is 35.6. The number of carboxylic acids is 1. The van der Waals surface area contributed by atoms with Crippen LogP contribution in [0.25, 0.3) is 0 Å². The molecule has 0 fully saturated rings. The maximum absolute atomic E-state index is 12.4. The molecule has 25 heavy (non-hydrogen) atoms. The van der Waals surface area contributed by atoms with Crippen molar-refractivity contribution in [3.05, 3.63) is 35.4 Å². The monoisotopic (exact) mass is 364 g/mol. The Bertz CT molecular complexity index is 648. The fourth-order valence-corrected chi connectivity index (χ4v) is 4.03. The SMILES string of the molecule is CC(C)C[C@H](NC(=O)CNC(=O)C1SCCc2ccccc21)C(=O)O. The fourth-order valence-electron chi connectivity index (χ4n) is 2.81. The van der Waals surface area contributed by atoms with E-state index in [1.807, 2.05) is 38.1 Å². The van der Waals surface area contributed by atoms with Crippen LogP contribution in [0.4, 0.5) is 0 Å². The first-order valence-corrected chi connectivity index (χ1v) is 9.42. The van der Waals surface area contributed by atoms with Gasteiger partial charge >= 0.3 is 5.97 Å². The maximum Gasteiger partial charge on any atom is 0.326 e. The van der Waals surface area contributed by atoms with Crippen LogP contribution in [-0.2, 0) is 20.8 Å². The molecule has 2 amide bonds. The number of hydrogen-bond acceptors (Lipinski definition) is 4. The highest BCUT2D eigenvalue weighted by molar-refractivity contribution is 8.00. The van der Waals surface area contributed by atoms with Crippen molar-refractivity contribution < 1.29 is 19.5 Å². The molecule has 3 N–H and O–H groups in total. The van der Waals surface area contributed by atoms with Crippen molar-refractivity contribution in [1.29, 1.82) is 0 Å². The Hall–Kier alpha value is -2.02. The number of carboxylic acid groups (broad SMARTS) is 1. The summed E-state index contributed by atoms with van der Waals surface area (Å²) in [6.07, 6.45) is 1.28. The third-order valence-corrected chi connectivity index (χ3v) is 5.24. The molecule has 7 heteroatoms. The first kappa shape index (κ1) is 19.3. The van der Waals surface area contributed by atoms with E-state index in [1.165, 1.54) is 0 Å². The lowest BCUT2D eigenvalue weighted by molar-refractivity contribution is -0.142. The predicted octanol–water partition coefficient (Wildman–Crippen LogP) is 1.75. The number of nitrogens with one attached hydrogen (secondary N) is 2. The van der Waals surface area contributed by atoms with Gasteiger partial charge in [0.25, 0.3) is 0 Å². The van der Waals surface area contributed by atoms with Crippen LogP contribution in [0, 0.1) is 5.92 Å². The summed E-state index contributed by atoms with van der Waals surface area (Å²) >= 11 is 1.56. The number of amides is 2. The number of aryl methyl sites for hydroxylation is 1. The standard InChI is InChI=1S/C18H24N2O4S/c1-11(2)9-14(18(23)24)20-15(21)10-19-17(22)16-13-6-4-3-5-12(13)7-8-25-16/h3-6,11,14,16H,7-10H2,1-2H3,(H,19,22)(H,20,21)(H,23,24)/t14-,16?/m0/s1. The van der Waals surface area contributed by atoms with Crippen molar-refractivity contribution >= 4 is 29.5 Å². The van der Waals surface area contributed by atoms with Gasteiger partial charge in [0, 0.05) is 0 Å². The van der Waals surface area contributed by atoms with Gasteiger partial charge in [0.1, 0.15) is 11.3 Å². The Balaban J connectivity index is 1.90. The number of rotatable bonds is 7. The fraction of sp³-hybridized carbons (Fsp3) is 0.500. The second-order valence-electron chi connectivity index (χ2n) is 6.51. The predicted molar refractivity (Wildman–Crippen MR) is 97.4 cm³/mol. The normalized spacial score (nSPS) is 17.5. The molecule has 1 aliphatic rings. The number of fused-ring (bicyclic) bond motifs is 1. The minimum absolute atomic E-state index is 0.145. The third-order valence-electron chi connectivity index (χ3n) is 4.00. The largest absolute Gasteiger partial charge is 0.480 e. The van der Waals surface area contributed by atoms with Crippen LogP contribution in [0.3, 0.4) is 0 Å². The molecule has 1 aromatic carbocycles. The number of hydrogen-bond donors (Lipinski definition) is 3.